The van der Waals surface area contributed by atoms with E-state index in [1.54, 1.807) is 0 Å². The van der Waals surface area contributed by atoms with Crippen LogP contribution >= 0.6 is 0 Å². The number of alkyl halides is 3. The van der Waals surface area contributed by atoms with Gasteiger partial charge in [-0.15, -0.1) is 0 Å². The van der Waals surface area contributed by atoms with Crippen LogP contribution in [0.15, 0.2) is 4.99 Å². The van der Waals surface area contributed by atoms with Gasteiger partial charge in [0.15, 0.2) is 0 Å². The van der Waals surface area contributed by atoms with E-state index >= 15 is 0 Å². The Balaban J connectivity index is 3.34. The maximum Gasteiger partial charge on any atom is 0.411 e. The van der Waals surface area contributed by atoms with Crippen molar-refractivity contribution in [3.63, 3.8) is 0 Å². The van der Waals surface area contributed by atoms with Crippen molar-refractivity contribution in [1.82, 2.24) is 0 Å². The molecule has 2 N–H and O–H groups in total. The second-order valence-electron chi connectivity index (χ2n) is 2.13. The summed E-state index contributed by atoms with van der Waals surface area (Å²) >= 11 is 0. The number of aliphatic imine (C=N–C) groups is 1. The molecule has 0 aliphatic carbocycles. The molecule has 0 fully saturated rings. The minimum Gasteiger partial charge on any atom is -0.387 e. The zero-order chi connectivity index (χ0) is 9.61. The fraction of sp³-hybridized carbons (Fsp3) is 0.833. The highest BCUT2D eigenvalue weighted by atomic mass is 19.4. The van der Waals surface area contributed by atoms with Crippen molar-refractivity contribution in [2.45, 2.75) is 12.6 Å². The molecule has 0 saturated carbocycles. The number of hydrogen-bond donors (Lipinski definition) is 1. The van der Waals surface area contributed by atoms with E-state index in [2.05, 4.69) is 9.73 Å². The molecular weight excluding hydrogens is 173 g/mol. The molecule has 0 aliphatic rings. The van der Waals surface area contributed by atoms with Crippen molar-refractivity contribution >= 4 is 5.84 Å². The first-order chi connectivity index (χ1) is 5.45. The highest BCUT2D eigenvalue weighted by Gasteiger charge is 2.27. The zero-order valence-electron chi connectivity index (χ0n) is 6.69. The van der Waals surface area contributed by atoms with Gasteiger partial charge in [0.1, 0.15) is 6.61 Å². The summed E-state index contributed by atoms with van der Waals surface area (Å²) in [5.41, 5.74) is 5.21. The maximum atomic E-state index is 11.5. The summed E-state index contributed by atoms with van der Waals surface area (Å²) in [5, 5.41) is 0. The van der Waals surface area contributed by atoms with Crippen LogP contribution < -0.4 is 5.73 Å². The third kappa shape index (κ3) is 7.33. The van der Waals surface area contributed by atoms with Crippen LogP contribution in [-0.4, -0.2) is 32.3 Å². The minimum atomic E-state index is -4.27. The summed E-state index contributed by atoms with van der Waals surface area (Å²) in [6, 6.07) is 0. The lowest BCUT2D eigenvalue weighted by Crippen LogP contribution is -2.20. The van der Waals surface area contributed by atoms with E-state index in [4.69, 9.17) is 5.73 Å². The van der Waals surface area contributed by atoms with Crippen molar-refractivity contribution in [1.29, 1.82) is 0 Å². The van der Waals surface area contributed by atoms with Crippen LogP contribution in [0.1, 0.15) is 6.42 Å². The van der Waals surface area contributed by atoms with Gasteiger partial charge < -0.3 is 10.5 Å². The number of hydrogen-bond acceptors (Lipinski definition) is 2. The molecule has 0 bridgehead atoms. The van der Waals surface area contributed by atoms with Gasteiger partial charge in [0.2, 0.25) is 0 Å². The van der Waals surface area contributed by atoms with Gasteiger partial charge in [0.05, 0.1) is 12.4 Å². The monoisotopic (exact) mass is 184 g/mol. The Kier molecular flexibility index (Phi) is 4.65. The fourth-order valence-electron chi connectivity index (χ4n) is 0.476. The second-order valence-corrected chi connectivity index (χ2v) is 2.13. The van der Waals surface area contributed by atoms with E-state index in [1.807, 2.05) is 0 Å². The summed E-state index contributed by atoms with van der Waals surface area (Å²) in [5.74, 6) is 0.289. The lowest BCUT2D eigenvalue weighted by Gasteiger charge is -2.06. The van der Waals surface area contributed by atoms with E-state index < -0.39 is 12.8 Å². The molecule has 0 radical (unpaired) electrons. The molecule has 0 saturated heterocycles. The van der Waals surface area contributed by atoms with Gasteiger partial charge in [-0.05, 0) is 0 Å². The molecule has 0 aromatic heterocycles. The largest absolute Gasteiger partial charge is 0.411 e. The van der Waals surface area contributed by atoms with Crippen LogP contribution in [0.3, 0.4) is 0 Å². The number of halogens is 3. The minimum absolute atomic E-state index is 0.0529. The first kappa shape index (κ1) is 11.2. The molecule has 72 valence electrons. The topological polar surface area (TPSA) is 47.6 Å². The predicted molar refractivity (Wildman–Crippen MR) is 39.0 cm³/mol. The number of amidine groups is 1. The van der Waals surface area contributed by atoms with Crippen LogP contribution in [0.4, 0.5) is 13.2 Å². The quantitative estimate of drug-likeness (QED) is 0.401. The average molecular weight is 184 g/mol. The Morgan fingerprint density at radius 3 is 2.50 bits per heavy atom. The summed E-state index contributed by atoms with van der Waals surface area (Å²) in [7, 11) is 1.47. The smallest absolute Gasteiger partial charge is 0.387 e. The van der Waals surface area contributed by atoms with Crippen molar-refractivity contribution in [3.8, 4) is 0 Å². The fourth-order valence-corrected chi connectivity index (χ4v) is 0.476. The van der Waals surface area contributed by atoms with Crippen LogP contribution in [0.2, 0.25) is 0 Å². The summed E-state index contributed by atoms with van der Waals surface area (Å²) in [4.78, 5) is 3.56. The molecule has 3 nitrogen and oxygen atoms in total. The van der Waals surface area contributed by atoms with Crippen LogP contribution in [0, 0.1) is 0 Å². The Morgan fingerprint density at radius 2 is 2.08 bits per heavy atom. The molecule has 0 aromatic rings. The standard InChI is InChI=1S/C6H11F3N2O/c1-11-5(10)2-3-12-4-6(7,8)9/h2-4H2,1H3,(H2,10,11). The molecule has 0 spiro atoms. The maximum absolute atomic E-state index is 11.5. The summed E-state index contributed by atoms with van der Waals surface area (Å²) < 4.78 is 38.7. The van der Waals surface area contributed by atoms with Gasteiger partial charge in [-0.1, -0.05) is 0 Å². The normalized spacial score (nSPS) is 13.5. The molecular formula is C6H11F3N2O. The zero-order valence-corrected chi connectivity index (χ0v) is 6.69. The van der Waals surface area contributed by atoms with Gasteiger partial charge >= 0.3 is 6.18 Å². The van der Waals surface area contributed by atoms with Crippen LogP contribution in [-0.2, 0) is 4.74 Å². The molecule has 0 aliphatic heterocycles. The third-order valence-corrected chi connectivity index (χ3v) is 1.06. The van der Waals surface area contributed by atoms with E-state index in [0.29, 0.717) is 0 Å². The first-order valence-electron chi connectivity index (χ1n) is 3.31. The molecule has 0 rings (SSSR count). The van der Waals surface area contributed by atoms with E-state index in [1.165, 1.54) is 7.05 Å². The molecule has 12 heavy (non-hydrogen) atoms. The van der Waals surface area contributed by atoms with Gasteiger partial charge in [-0.2, -0.15) is 13.2 Å². The molecule has 0 heterocycles. The van der Waals surface area contributed by atoms with E-state index in [-0.39, 0.29) is 18.9 Å². The first-order valence-corrected chi connectivity index (χ1v) is 3.31. The van der Waals surface area contributed by atoms with Gasteiger partial charge in [0.25, 0.3) is 0 Å². The number of ether oxygens (including phenoxy) is 1. The summed E-state index contributed by atoms with van der Waals surface area (Å²) in [6.45, 7) is -1.29. The third-order valence-electron chi connectivity index (χ3n) is 1.06. The number of rotatable bonds is 4. The Morgan fingerprint density at radius 1 is 1.50 bits per heavy atom. The predicted octanol–water partition coefficient (Wildman–Crippen LogP) is 0.942. The lowest BCUT2D eigenvalue weighted by atomic mass is 10.4. The molecule has 0 atom stereocenters. The summed E-state index contributed by atoms with van der Waals surface area (Å²) in [6.07, 6.45) is -4.04. The Labute approximate surface area is 68.4 Å². The SMILES string of the molecule is CN=C(N)CCOCC(F)(F)F. The van der Waals surface area contributed by atoms with Crippen LogP contribution in [0.25, 0.3) is 0 Å². The van der Waals surface area contributed by atoms with Crippen molar-refractivity contribution in [3.05, 3.63) is 0 Å². The lowest BCUT2D eigenvalue weighted by molar-refractivity contribution is -0.173. The molecule has 0 aromatic carbocycles. The number of nitrogens with zero attached hydrogens (tertiary/aromatic N) is 1. The van der Waals surface area contributed by atoms with Crippen molar-refractivity contribution < 1.29 is 17.9 Å². The highest BCUT2D eigenvalue weighted by Crippen LogP contribution is 2.14. The molecule has 6 heteroatoms. The van der Waals surface area contributed by atoms with E-state index in [0.717, 1.165) is 0 Å². The molecule has 0 amide bonds. The Bertz CT molecular complexity index is 155. The van der Waals surface area contributed by atoms with E-state index in [9.17, 15) is 13.2 Å². The van der Waals surface area contributed by atoms with Gasteiger partial charge in [-0.3, -0.25) is 4.99 Å². The van der Waals surface area contributed by atoms with Crippen LogP contribution in [0.5, 0.6) is 0 Å². The van der Waals surface area contributed by atoms with Gasteiger partial charge in [0, 0.05) is 13.5 Å². The Hall–Kier alpha value is -0.780. The average Bonchev–Trinajstić information content (AvgIpc) is 1.96. The highest BCUT2D eigenvalue weighted by molar-refractivity contribution is 5.80. The van der Waals surface area contributed by atoms with Crippen molar-refractivity contribution in [2.24, 2.45) is 10.7 Å². The van der Waals surface area contributed by atoms with Crippen molar-refractivity contribution in [2.75, 3.05) is 20.3 Å². The number of nitrogens with two attached hydrogens (primary N) is 1. The second kappa shape index (κ2) is 4.97. The van der Waals surface area contributed by atoms with Gasteiger partial charge in [-0.25, -0.2) is 0 Å². The molecule has 0 unspecified atom stereocenters.